The highest BCUT2D eigenvalue weighted by Crippen LogP contribution is 1.93. The lowest BCUT2D eigenvalue weighted by Crippen LogP contribution is -2.38. The fraction of sp³-hybridized carbons (Fsp3) is 1.00. The highest BCUT2D eigenvalue weighted by molar-refractivity contribution is 4.64. The molecule has 0 aromatic carbocycles. The van der Waals surface area contributed by atoms with Crippen molar-refractivity contribution in [3.8, 4) is 0 Å². The van der Waals surface area contributed by atoms with Crippen LogP contribution in [0.15, 0.2) is 0 Å². The number of nitrogens with one attached hydrogen (secondary N) is 1. The molecule has 0 aliphatic rings. The number of hydrogen-bond acceptors (Lipinski definition) is 3. The summed E-state index contributed by atoms with van der Waals surface area (Å²) in [6.45, 7) is 8.71. The lowest BCUT2D eigenvalue weighted by atomic mass is 10.3. The van der Waals surface area contributed by atoms with E-state index in [1.54, 1.807) is 7.11 Å². The third-order valence-electron chi connectivity index (χ3n) is 1.68. The molecule has 0 aromatic heterocycles. The van der Waals surface area contributed by atoms with Crippen molar-refractivity contribution in [3.63, 3.8) is 0 Å². The van der Waals surface area contributed by atoms with E-state index in [9.17, 15) is 0 Å². The molecule has 0 rings (SSSR count). The summed E-state index contributed by atoms with van der Waals surface area (Å²) in [7, 11) is 1.72. The largest absolute Gasteiger partial charge is 0.383 e. The lowest BCUT2D eigenvalue weighted by molar-refractivity contribution is 0.0393. The van der Waals surface area contributed by atoms with E-state index in [-0.39, 0.29) is 0 Å². The van der Waals surface area contributed by atoms with Crippen molar-refractivity contribution in [2.75, 3.05) is 26.9 Å². The molecule has 1 atom stereocenters. The van der Waals surface area contributed by atoms with Crippen LogP contribution in [0, 0.1) is 0 Å². The van der Waals surface area contributed by atoms with E-state index in [2.05, 4.69) is 12.2 Å². The van der Waals surface area contributed by atoms with Crippen molar-refractivity contribution in [1.82, 2.24) is 5.32 Å². The molecule has 0 spiro atoms. The fourth-order valence-corrected chi connectivity index (χ4v) is 1.02. The molecule has 1 N–H and O–H groups in total. The zero-order valence-corrected chi connectivity index (χ0v) is 9.30. The summed E-state index contributed by atoms with van der Waals surface area (Å²) in [6, 6.07) is 0.326. The quantitative estimate of drug-likeness (QED) is 0.626. The molecule has 13 heavy (non-hydrogen) atoms. The molecule has 1 unspecified atom stereocenters. The van der Waals surface area contributed by atoms with Gasteiger partial charge in [0.1, 0.15) is 0 Å². The van der Waals surface area contributed by atoms with Crippen LogP contribution in [0.1, 0.15) is 27.2 Å². The molecular weight excluding hydrogens is 166 g/mol. The summed E-state index contributed by atoms with van der Waals surface area (Å²) in [5.41, 5.74) is 0. The van der Waals surface area contributed by atoms with Gasteiger partial charge in [0.25, 0.3) is 0 Å². The standard InChI is InChI=1S/C10H23NO2/c1-5-6-11-10(7-12-4)8-13-9(2)3/h9-11H,5-8H2,1-4H3. The molecule has 0 aliphatic carbocycles. The first-order chi connectivity index (χ1) is 6.20. The zero-order chi connectivity index (χ0) is 10.1. The minimum Gasteiger partial charge on any atom is -0.383 e. The minimum atomic E-state index is 0.294. The molecule has 3 nitrogen and oxygen atoms in total. The van der Waals surface area contributed by atoms with Gasteiger partial charge in [-0.1, -0.05) is 6.92 Å². The molecule has 0 radical (unpaired) electrons. The molecule has 0 aliphatic heterocycles. The van der Waals surface area contributed by atoms with Crippen LogP contribution in [0.4, 0.5) is 0 Å². The molecule has 0 saturated heterocycles. The fourth-order valence-electron chi connectivity index (χ4n) is 1.02. The highest BCUT2D eigenvalue weighted by Gasteiger charge is 2.07. The SMILES string of the molecule is CCCNC(COC)COC(C)C. The average Bonchev–Trinajstić information content (AvgIpc) is 2.09. The Balaban J connectivity index is 3.53. The Morgan fingerprint density at radius 1 is 1.23 bits per heavy atom. The summed E-state index contributed by atoms with van der Waals surface area (Å²) in [6.07, 6.45) is 1.44. The third kappa shape index (κ3) is 8.22. The first-order valence-corrected chi connectivity index (χ1v) is 5.04. The normalized spacial score (nSPS) is 13.6. The summed E-state index contributed by atoms with van der Waals surface area (Å²) >= 11 is 0. The van der Waals surface area contributed by atoms with Crippen LogP contribution in [0.2, 0.25) is 0 Å². The lowest BCUT2D eigenvalue weighted by Gasteiger charge is -2.18. The van der Waals surface area contributed by atoms with E-state index in [1.807, 2.05) is 13.8 Å². The van der Waals surface area contributed by atoms with Crippen LogP contribution in [-0.4, -0.2) is 39.0 Å². The Hall–Kier alpha value is -0.120. The zero-order valence-electron chi connectivity index (χ0n) is 9.30. The Labute approximate surface area is 81.8 Å². The van der Waals surface area contributed by atoms with Gasteiger partial charge >= 0.3 is 0 Å². The Morgan fingerprint density at radius 3 is 2.38 bits per heavy atom. The van der Waals surface area contributed by atoms with Crippen LogP contribution in [0.5, 0.6) is 0 Å². The van der Waals surface area contributed by atoms with Gasteiger partial charge in [-0.05, 0) is 26.8 Å². The van der Waals surface area contributed by atoms with Crippen molar-refractivity contribution in [1.29, 1.82) is 0 Å². The average molecular weight is 189 g/mol. The molecule has 80 valence electrons. The maximum atomic E-state index is 5.51. The Morgan fingerprint density at radius 2 is 1.92 bits per heavy atom. The minimum absolute atomic E-state index is 0.294. The maximum absolute atomic E-state index is 5.51. The van der Waals surface area contributed by atoms with E-state index < -0.39 is 0 Å². The Bertz CT molecular complexity index is 107. The van der Waals surface area contributed by atoms with Crippen molar-refractivity contribution < 1.29 is 9.47 Å². The number of methoxy groups -OCH3 is 1. The first-order valence-electron chi connectivity index (χ1n) is 5.04. The molecule has 0 fully saturated rings. The van der Waals surface area contributed by atoms with Crippen molar-refractivity contribution >= 4 is 0 Å². The predicted octanol–water partition coefficient (Wildman–Crippen LogP) is 1.43. The van der Waals surface area contributed by atoms with Crippen molar-refractivity contribution in [2.24, 2.45) is 0 Å². The summed E-state index contributed by atoms with van der Waals surface area (Å²) in [5, 5.41) is 3.38. The second-order valence-corrected chi connectivity index (χ2v) is 3.49. The van der Waals surface area contributed by atoms with Crippen LogP contribution in [-0.2, 0) is 9.47 Å². The maximum Gasteiger partial charge on any atom is 0.0645 e. The van der Waals surface area contributed by atoms with E-state index in [1.165, 1.54) is 0 Å². The van der Waals surface area contributed by atoms with Crippen LogP contribution < -0.4 is 5.32 Å². The summed E-state index contributed by atoms with van der Waals surface area (Å²) in [4.78, 5) is 0. The van der Waals surface area contributed by atoms with Crippen molar-refractivity contribution in [3.05, 3.63) is 0 Å². The van der Waals surface area contributed by atoms with Gasteiger partial charge in [-0.25, -0.2) is 0 Å². The van der Waals surface area contributed by atoms with Gasteiger partial charge in [-0.3, -0.25) is 0 Å². The molecule has 0 aromatic rings. The van der Waals surface area contributed by atoms with E-state index in [0.717, 1.165) is 19.6 Å². The van der Waals surface area contributed by atoms with Gasteiger partial charge in [0.05, 0.1) is 25.4 Å². The van der Waals surface area contributed by atoms with Crippen LogP contribution in [0.3, 0.4) is 0 Å². The molecule has 0 saturated carbocycles. The summed E-state index contributed by atoms with van der Waals surface area (Å²) < 4.78 is 10.6. The molecule has 0 bridgehead atoms. The third-order valence-corrected chi connectivity index (χ3v) is 1.68. The first kappa shape index (κ1) is 12.9. The van der Waals surface area contributed by atoms with Gasteiger partial charge in [-0.15, -0.1) is 0 Å². The van der Waals surface area contributed by atoms with Gasteiger partial charge in [-0.2, -0.15) is 0 Å². The van der Waals surface area contributed by atoms with Crippen LogP contribution >= 0.6 is 0 Å². The van der Waals surface area contributed by atoms with E-state index in [4.69, 9.17) is 9.47 Å². The van der Waals surface area contributed by atoms with Crippen molar-refractivity contribution in [2.45, 2.75) is 39.3 Å². The number of ether oxygens (including phenoxy) is 2. The Kier molecular flexibility index (Phi) is 8.40. The van der Waals surface area contributed by atoms with Gasteiger partial charge in [0.2, 0.25) is 0 Å². The summed E-state index contributed by atoms with van der Waals surface area (Å²) in [5.74, 6) is 0. The van der Waals surface area contributed by atoms with E-state index >= 15 is 0 Å². The van der Waals surface area contributed by atoms with Gasteiger partial charge in [0.15, 0.2) is 0 Å². The highest BCUT2D eigenvalue weighted by atomic mass is 16.5. The van der Waals surface area contributed by atoms with Crippen LogP contribution in [0.25, 0.3) is 0 Å². The topological polar surface area (TPSA) is 30.5 Å². The second-order valence-electron chi connectivity index (χ2n) is 3.49. The van der Waals surface area contributed by atoms with Gasteiger partial charge < -0.3 is 14.8 Å². The molecule has 3 heteroatoms. The smallest absolute Gasteiger partial charge is 0.0645 e. The molecule has 0 amide bonds. The predicted molar refractivity (Wildman–Crippen MR) is 55.0 cm³/mol. The number of hydrogen-bond donors (Lipinski definition) is 1. The second kappa shape index (κ2) is 8.48. The molecular formula is C10H23NO2. The van der Waals surface area contributed by atoms with E-state index in [0.29, 0.717) is 18.8 Å². The monoisotopic (exact) mass is 189 g/mol. The molecule has 0 heterocycles. The van der Waals surface area contributed by atoms with Gasteiger partial charge in [0, 0.05) is 7.11 Å². The number of rotatable bonds is 8.